The van der Waals surface area contributed by atoms with Gasteiger partial charge in [0.15, 0.2) is 6.10 Å². The topological polar surface area (TPSA) is 102 Å². The average molecular weight is 352 g/mol. The molecule has 1 atom stereocenters. The van der Waals surface area contributed by atoms with Crippen LogP contribution in [0.15, 0.2) is 48.7 Å². The van der Waals surface area contributed by atoms with Crippen molar-refractivity contribution in [1.29, 1.82) is 0 Å². The lowest BCUT2D eigenvalue weighted by molar-refractivity contribution is -0.385. The summed E-state index contributed by atoms with van der Waals surface area (Å²) in [6, 6.07) is 11.4. The summed E-state index contributed by atoms with van der Waals surface area (Å²) in [6.07, 6.45) is 0.552. The number of Topliss-reactive ketones (excluding diaryl/α,β-unsaturated/α-hetero) is 1. The lowest BCUT2D eigenvalue weighted by Crippen LogP contribution is -2.24. The maximum atomic E-state index is 12.6. The molecule has 1 N–H and O–H groups in total. The van der Waals surface area contributed by atoms with E-state index in [-0.39, 0.29) is 17.0 Å². The summed E-state index contributed by atoms with van der Waals surface area (Å²) in [5.74, 6) is -1.13. The van der Waals surface area contributed by atoms with E-state index < -0.39 is 17.0 Å². The van der Waals surface area contributed by atoms with Crippen molar-refractivity contribution >= 4 is 28.3 Å². The van der Waals surface area contributed by atoms with Crippen molar-refractivity contribution in [2.24, 2.45) is 0 Å². The van der Waals surface area contributed by atoms with Crippen LogP contribution in [0.2, 0.25) is 0 Å². The fraction of sp³-hybridized carbons (Fsp3) is 0.158. The lowest BCUT2D eigenvalue weighted by Gasteiger charge is -2.12. The van der Waals surface area contributed by atoms with E-state index in [4.69, 9.17) is 4.74 Å². The van der Waals surface area contributed by atoms with Crippen molar-refractivity contribution in [3.05, 3.63) is 75.5 Å². The first-order chi connectivity index (χ1) is 12.4. The molecule has 3 rings (SSSR count). The second-order valence-electron chi connectivity index (χ2n) is 5.92. The lowest BCUT2D eigenvalue weighted by atomic mass is 10.1. The largest absolute Gasteiger partial charge is 0.451 e. The van der Waals surface area contributed by atoms with Crippen LogP contribution in [0.4, 0.5) is 5.69 Å². The highest BCUT2D eigenvalue weighted by molar-refractivity contribution is 6.10. The zero-order valence-corrected chi connectivity index (χ0v) is 14.2. The Kier molecular flexibility index (Phi) is 4.53. The zero-order chi connectivity index (χ0) is 18.8. The van der Waals surface area contributed by atoms with Crippen molar-refractivity contribution in [3.63, 3.8) is 0 Å². The molecule has 0 spiro atoms. The molecule has 1 aromatic heterocycles. The number of hydrogen-bond acceptors (Lipinski definition) is 5. The maximum Gasteiger partial charge on any atom is 0.339 e. The molecule has 132 valence electrons. The quantitative estimate of drug-likeness (QED) is 0.325. The number of esters is 1. The molecule has 0 bridgehead atoms. The number of ketones is 1. The highest BCUT2D eigenvalue weighted by Gasteiger charge is 2.24. The number of nitrogens with one attached hydrogen (secondary N) is 1. The second kappa shape index (κ2) is 6.79. The Balaban J connectivity index is 1.80. The van der Waals surface area contributed by atoms with Crippen LogP contribution in [0.3, 0.4) is 0 Å². The predicted molar refractivity (Wildman–Crippen MR) is 95.3 cm³/mol. The number of nitrogens with zero attached hydrogens (tertiary/aromatic N) is 1. The van der Waals surface area contributed by atoms with Crippen LogP contribution in [0.1, 0.15) is 33.2 Å². The standard InChI is InChI=1S/C19H16N2O5/c1-11-7-8-13(9-17(11)21(24)25)19(23)26-12(2)18(22)15-10-20-16-6-4-3-5-14(15)16/h3-10,12,20H,1-2H3. The summed E-state index contributed by atoms with van der Waals surface area (Å²) in [4.78, 5) is 38.3. The van der Waals surface area contributed by atoms with Gasteiger partial charge < -0.3 is 9.72 Å². The van der Waals surface area contributed by atoms with E-state index >= 15 is 0 Å². The van der Waals surface area contributed by atoms with E-state index in [0.717, 1.165) is 17.0 Å². The number of aromatic nitrogens is 1. The van der Waals surface area contributed by atoms with Gasteiger partial charge in [0.1, 0.15) is 0 Å². The van der Waals surface area contributed by atoms with Crippen LogP contribution in [0, 0.1) is 17.0 Å². The Morgan fingerprint density at radius 3 is 2.65 bits per heavy atom. The number of H-pyrrole nitrogens is 1. The molecule has 0 saturated carbocycles. The normalized spacial score (nSPS) is 11.9. The van der Waals surface area contributed by atoms with E-state index in [9.17, 15) is 19.7 Å². The molecule has 2 aromatic carbocycles. The Morgan fingerprint density at radius 1 is 1.19 bits per heavy atom. The summed E-state index contributed by atoms with van der Waals surface area (Å²) in [5, 5.41) is 11.7. The highest BCUT2D eigenvalue weighted by Crippen LogP contribution is 2.22. The molecule has 0 radical (unpaired) electrons. The number of nitro benzene ring substituents is 1. The summed E-state index contributed by atoms with van der Waals surface area (Å²) in [7, 11) is 0. The number of aryl methyl sites for hydroxylation is 1. The number of para-hydroxylation sites is 1. The first-order valence-electron chi connectivity index (χ1n) is 7.95. The summed E-state index contributed by atoms with van der Waals surface area (Å²) < 4.78 is 5.22. The van der Waals surface area contributed by atoms with E-state index in [2.05, 4.69) is 4.98 Å². The zero-order valence-electron chi connectivity index (χ0n) is 14.2. The molecular weight excluding hydrogens is 336 g/mol. The number of ether oxygens (including phenoxy) is 1. The number of aromatic amines is 1. The molecule has 0 fully saturated rings. The van der Waals surface area contributed by atoms with Crippen LogP contribution < -0.4 is 0 Å². The molecule has 0 saturated heterocycles. The van der Waals surface area contributed by atoms with Gasteiger partial charge in [-0.1, -0.05) is 24.3 Å². The number of fused-ring (bicyclic) bond motifs is 1. The highest BCUT2D eigenvalue weighted by atomic mass is 16.6. The summed E-state index contributed by atoms with van der Waals surface area (Å²) in [6.45, 7) is 3.06. The molecule has 1 unspecified atom stereocenters. The Morgan fingerprint density at radius 2 is 1.92 bits per heavy atom. The summed E-state index contributed by atoms with van der Waals surface area (Å²) >= 11 is 0. The van der Waals surface area contributed by atoms with Gasteiger partial charge in [0.05, 0.1) is 10.5 Å². The van der Waals surface area contributed by atoms with Crippen molar-refractivity contribution in [2.75, 3.05) is 0 Å². The molecule has 1 heterocycles. The van der Waals surface area contributed by atoms with Crippen molar-refractivity contribution in [2.45, 2.75) is 20.0 Å². The maximum absolute atomic E-state index is 12.6. The number of carbonyl (C=O) groups excluding carboxylic acids is 2. The van der Waals surface area contributed by atoms with Crippen molar-refractivity contribution in [3.8, 4) is 0 Å². The molecule has 7 heteroatoms. The Labute approximate surface area is 148 Å². The predicted octanol–water partition coefficient (Wildman–Crippen LogP) is 3.81. The minimum Gasteiger partial charge on any atom is -0.451 e. The van der Waals surface area contributed by atoms with Gasteiger partial charge in [-0.3, -0.25) is 14.9 Å². The minimum atomic E-state index is -1.03. The molecule has 0 aliphatic heterocycles. The van der Waals surface area contributed by atoms with E-state index in [1.807, 2.05) is 18.2 Å². The van der Waals surface area contributed by atoms with Gasteiger partial charge in [-0.25, -0.2) is 4.79 Å². The average Bonchev–Trinajstić information content (AvgIpc) is 3.05. The molecule has 7 nitrogen and oxygen atoms in total. The number of hydrogen-bond donors (Lipinski definition) is 1. The third-order valence-electron chi connectivity index (χ3n) is 4.15. The van der Waals surface area contributed by atoms with Gasteiger partial charge in [0.25, 0.3) is 5.69 Å². The van der Waals surface area contributed by atoms with Crippen LogP contribution in [0.5, 0.6) is 0 Å². The van der Waals surface area contributed by atoms with Gasteiger partial charge in [0.2, 0.25) is 5.78 Å². The first kappa shape index (κ1) is 17.3. The first-order valence-corrected chi connectivity index (χ1v) is 7.95. The summed E-state index contributed by atoms with van der Waals surface area (Å²) in [5.41, 5.74) is 1.53. The fourth-order valence-electron chi connectivity index (χ4n) is 2.71. The van der Waals surface area contributed by atoms with Crippen LogP contribution >= 0.6 is 0 Å². The third-order valence-corrected chi connectivity index (χ3v) is 4.15. The second-order valence-corrected chi connectivity index (χ2v) is 5.92. The molecule has 0 amide bonds. The van der Waals surface area contributed by atoms with Crippen LogP contribution in [-0.4, -0.2) is 27.8 Å². The SMILES string of the molecule is Cc1ccc(C(=O)OC(C)C(=O)c2c[nH]c3ccccc23)cc1[N+](=O)[O-]. The van der Waals surface area contributed by atoms with Gasteiger partial charge in [0, 0.05) is 34.3 Å². The van der Waals surface area contributed by atoms with Crippen molar-refractivity contribution < 1.29 is 19.2 Å². The molecule has 26 heavy (non-hydrogen) atoms. The molecule has 0 aliphatic rings. The van der Waals surface area contributed by atoms with E-state index in [1.54, 1.807) is 19.2 Å². The minimum absolute atomic E-state index is 0.0286. The van der Waals surface area contributed by atoms with Crippen molar-refractivity contribution in [1.82, 2.24) is 4.98 Å². The Hall–Kier alpha value is -3.48. The van der Waals surface area contributed by atoms with E-state index in [0.29, 0.717) is 11.1 Å². The number of nitro groups is 1. The van der Waals surface area contributed by atoms with Crippen LogP contribution in [-0.2, 0) is 4.74 Å². The third kappa shape index (κ3) is 3.19. The molecular formula is C19H16N2O5. The Bertz CT molecular complexity index is 1020. The van der Waals surface area contributed by atoms with E-state index in [1.165, 1.54) is 19.1 Å². The van der Waals surface area contributed by atoms with Gasteiger partial charge in [-0.2, -0.15) is 0 Å². The number of carbonyl (C=O) groups is 2. The fourth-order valence-corrected chi connectivity index (χ4v) is 2.71. The van der Waals surface area contributed by atoms with Gasteiger partial charge in [-0.05, 0) is 26.0 Å². The van der Waals surface area contributed by atoms with Crippen LogP contribution in [0.25, 0.3) is 10.9 Å². The molecule has 0 aliphatic carbocycles. The number of benzene rings is 2. The van der Waals surface area contributed by atoms with Gasteiger partial charge >= 0.3 is 5.97 Å². The van der Waals surface area contributed by atoms with Gasteiger partial charge in [-0.15, -0.1) is 0 Å². The smallest absolute Gasteiger partial charge is 0.339 e. The monoisotopic (exact) mass is 352 g/mol. The number of rotatable bonds is 5. The molecule has 3 aromatic rings.